The highest BCUT2D eigenvalue weighted by atomic mass is 32.2. The first kappa shape index (κ1) is 19.1. The molecule has 3 aromatic rings. The molecule has 29 heavy (non-hydrogen) atoms. The molecule has 4 rings (SSSR count). The highest BCUT2D eigenvalue weighted by molar-refractivity contribution is 7.89. The molecule has 8 nitrogen and oxygen atoms in total. The van der Waals surface area contributed by atoms with Crippen molar-refractivity contribution in [2.45, 2.75) is 30.7 Å². The van der Waals surface area contributed by atoms with E-state index in [1.165, 1.54) is 12.1 Å². The Balaban J connectivity index is 1.66. The Morgan fingerprint density at radius 1 is 1.10 bits per heavy atom. The second-order valence-electron chi connectivity index (χ2n) is 6.75. The molecule has 1 atom stereocenters. The van der Waals surface area contributed by atoms with Gasteiger partial charge in [-0.3, -0.25) is 4.79 Å². The number of sulfonamides is 1. The highest BCUT2D eigenvalue weighted by Crippen LogP contribution is 2.37. The third-order valence-electron chi connectivity index (χ3n) is 4.81. The summed E-state index contributed by atoms with van der Waals surface area (Å²) < 4.78 is 37.5. The lowest BCUT2D eigenvalue weighted by Gasteiger charge is -2.21. The topological polar surface area (TPSA) is 103 Å². The maximum absolute atomic E-state index is 13.1. The molecule has 9 heteroatoms. The van der Waals surface area contributed by atoms with Crippen molar-refractivity contribution in [3.05, 3.63) is 60.0 Å². The molecule has 1 aliphatic rings. The van der Waals surface area contributed by atoms with E-state index in [9.17, 15) is 13.2 Å². The zero-order chi connectivity index (χ0) is 20.6. The van der Waals surface area contributed by atoms with Crippen LogP contribution in [0.3, 0.4) is 0 Å². The van der Waals surface area contributed by atoms with E-state index in [1.54, 1.807) is 43.5 Å². The average molecular weight is 413 g/mol. The lowest BCUT2D eigenvalue weighted by atomic mass is 10.2. The number of rotatable bonds is 5. The van der Waals surface area contributed by atoms with Gasteiger partial charge in [0.2, 0.25) is 11.7 Å². The van der Waals surface area contributed by atoms with Crippen molar-refractivity contribution in [3.8, 4) is 17.1 Å². The number of aryl methyl sites for hydroxylation is 1. The zero-order valence-electron chi connectivity index (χ0n) is 15.9. The molecular weight excluding hydrogens is 394 g/mol. The molecule has 1 aliphatic heterocycles. The van der Waals surface area contributed by atoms with Crippen LogP contribution in [-0.4, -0.2) is 35.9 Å². The Bertz CT molecular complexity index is 1140. The van der Waals surface area contributed by atoms with Crippen LogP contribution in [0.1, 0.15) is 30.3 Å². The third-order valence-corrected chi connectivity index (χ3v) is 6.66. The molecule has 0 spiro atoms. The van der Waals surface area contributed by atoms with Crippen LogP contribution in [-0.2, 0) is 14.8 Å². The van der Waals surface area contributed by atoms with Crippen molar-refractivity contribution in [2.24, 2.45) is 0 Å². The van der Waals surface area contributed by atoms with Crippen LogP contribution in [0.5, 0.6) is 5.75 Å². The van der Waals surface area contributed by atoms with Crippen molar-refractivity contribution in [3.63, 3.8) is 0 Å². The van der Waals surface area contributed by atoms with Gasteiger partial charge in [0.25, 0.3) is 15.9 Å². The van der Waals surface area contributed by atoms with Crippen LogP contribution in [0.15, 0.2) is 57.9 Å². The van der Waals surface area contributed by atoms with Crippen molar-refractivity contribution < 1.29 is 22.5 Å². The summed E-state index contributed by atoms with van der Waals surface area (Å²) in [6.45, 7) is 1.86. The molecule has 0 aliphatic carbocycles. The molecule has 150 valence electrons. The van der Waals surface area contributed by atoms with Crippen molar-refractivity contribution in [1.82, 2.24) is 14.4 Å². The Labute approximate surface area is 168 Å². The summed E-state index contributed by atoms with van der Waals surface area (Å²) in [7, 11) is -2.46. The first-order valence-corrected chi connectivity index (χ1v) is 10.5. The summed E-state index contributed by atoms with van der Waals surface area (Å²) in [4.78, 5) is 16.8. The number of hydrogen-bond donors (Lipinski definition) is 0. The fraction of sp³-hybridized carbons (Fsp3) is 0.250. The largest absolute Gasteiger partial charge is 0.497 e. The number of hydrogen-bond acceptors (Lipinski definition) is 7. The number of amides is 1. The molecule has 0 saturated carbocycles. The minimum absolute atomic E-state index is 0.0539. The maximum Gasteiger partial charge on any atom is 0.267 e. The van der Waals surface area contributed by atoms with Gasteiger partial charge in [0.1, 0.15) is 11.8 Å². The number of carbonyl (C=O) groups excluding carboxylic acids is 1. The summed E-state index contributed by atoms with van der Waals surface area (Å²) in [5, 5.41) is 3.95. The SMILES string of the molecule is COc1ccc(-c2noc(C3CCC(=O)N3S(=O)(=O)c3ccc(C)cc3)n2)cc1. The van der Waals surface area contributed by atoms with Gasteiger partial charge < -0.3 is 9.26 Å². The van der Waals surface area contributed by atoms with Crippen LogP contribution in [0.4, 0.5) is 0 Å². The number of methoxy groups -OCH3 is 1. The van der Waals surface area contributed by atoms with Crippen molar-refractivity contribution >= 4 is 15.9 Å². The lowest BCUT2D eigenvalue weighted by Crippen LogP contribution is -2.34. The number of ether oxygens (including phenoxy) is 1. The predicted molar refractivity (Wildman–Crippen MR) is 103 cm³/mol. The lowest BCUT2D eigenvalue weighted by molar-refractivity contribution is -0.124. The summed E-state index contributed by atoms with van der Waals surface area (Å²) >= 11 is 0. The van der Waals surface area contributed by atoms with Gasteiger partial charge in [0.15, 0.2) is 0 Å². The third kappa shape index (κ3) is 3.49. The van der Waals surface area contributed by atoms with Crippen LogP contribution < -0.4 is 4.74 Å². The van der Waals surface area contributed by atoms with Crippen LogP contribution >= 0.6 is 0 Å². The van der Waals surface area contributed by atoms with Gasteiger partial charge in [0, 0.05) is 12.0 Å². The van der Waals surface area contributed by atoms with Crippen molar-refractivity contribution in [1.29, 1.82) is 0 Å². The van der Waals surface area contributed by atoms with E-state index >= 15 is 0 Å². The van der Waals surface area contributed by atoms with Gasteiger partial charge in [0.05, 0.1) is 12.0 Å². The Morgan fingerprint density at radius 2 is 1.79 bits per heavy atom. The fourth-order valence-electron chi connectivity index (χ4n) is 3.24. The second-order valence-corrected chi connectivity index (χ2v) is 8.56. The Morgan fingerprint density at radius 3 is 2.45 bits per heavy atom. The van der Waals surface area contributed by atoms with E-state index in [0.29, 0.717) is 17.1 Å². The summed E-state index contributed by atoms with van der Waals surface area (Å²) in [5.41, 5.74) is 1.62. The molecule has 1 amide bonds. The van der Waals surface area contributed by atoms with Gasteiger partial charge in [-0.2, -0.15) is 4.98 Å². The van der Waals surface area contributed by atoms with Gasteiger partial charge in [-0.15, -0.1) is 0 Å². The second kappa shape index (κ2) is 7.32. The molecular formula is C20H19N3O5S. The van der Waals surface area contributed by atoms with Gasteiger partial charge in [-0.25, -0.2) is 12.7 Å². The van der Waals surface area contributed by atoms with E-state index in [0.717, 1.165) is 9.87 Å². The van der Waals surface area contributed by atoms with Crippen LogP contribution in [0.25, 0.3) is 11.4 Å². The minimum Gasteiger partial charge on any atom is -0.497 e. The van der Waals surface area contributed by atoms with Gasteiger partial charge in [-0.05, 0) is 49.7 Å². The normalized spacial score (nSPS) is 17.0. The minimum atomic E-state index is -4.03. The van der Waals surface area contributed by atoms with Crippen LogP contribution in [0, 0.1) is 6.92 Å². The first-order chi connectivity index (χ1) is 13.9. The summed E-state index contributed by atoms with van der Waals surface area (Å²) in [6.07, 6.45) is 0.379. The Kier molecular flexibility index (Phi) is 4.83. The first-order valence-electron chi connectivity index (χ1n) is 9.02. The van der Waals surface area contributed by atoms with E-state index < -0.39 is 22.0 Å². The van der Waals surface area contributed by atoms with Crippen molar-refractivity contribution in [2.75, 3.05) is 7.11 Å². The number of aromatic nitrogens is 2. The highest BCUT2D eigenvalue weighted by Gasteiger charge is 2.44. The molecule has 1 saturated heterocycles. The molecule has 2 aromatic carbocycles. The molecule has 1 fully saturated rings. The molecule has 2 heterocycles. The van der Waals surface area contributed by atoms with E-state index in [1.807, 2.05) is 6.92 Å². The monoisotopic (exact) mass is 413 g/mol. The summed E-state index contributed by atoms with van der Waals surface area (Å²) in [6, 6.07) is 12.6. The average Bonchev–Trinajstić information content (AvgIpc) is 3.35. The standard InChI is InChI=1S/C20H19N3O5S/c1-13-3-9-16(10-4-13)29(25,26)23-17(11-12-18(23)24)20-21-19(22-28-20)14-5-7-15(27-2)8-6-14/h3-10,17H,11-12H2,1-2H3. The molecule has 1 aromatic heterocycles. The smallest absolute Gasteiger partial charge is 0.267 e. The van der Waals surface area contributed by atoms with E-state index in [2.05, 4.69) is 10.1 Å². The number of nitrogens with zero attached hydrogens (tertiary/aromatic N) is 3. The van der Waals surface area contributed by atoms with Gasteiger partial charge >= 0.3 is 0 Å². The molecule has 0 radical (unpaired) electrons. The van der Waals surface area contributed by atoms with E-state index in [-0.39, 0.29) is 23.6 Å². The molecule has 0 N–H and O–H groups in total. The van der Waals surface area contributed by atoms with Crippen LogP contribution in [0.2, 0.25) is 0 Å². The molecule has 1 unspecified atom stereocenters. The zero-order valence-corrected chi connectivity index (χ0v) is 16.7. The predicted octanol–water partition coefficient (Wildman–Crippen LogP) is 3.11. The number of benzene rings is 2. The number of carbonyl (C=O) groups is 1. The fourth-order valence-corrected chi connectivity index (χ4v) is 4.84. The quantitative estimate of drug-likeness (QED) is 0.633. The summed E-state index contributed by atoms with van der Waals surface area (Å²) in [5.74, 6) is 0.612. The maximum atomic E-state index is 13.1. The van der Waals surface area contributed by atoms with E-state index in [4.69, 9.17) is 9.26 Å². The molecule has 0 bridgehead atoms. The Hall–Kier alpha value is -3.20. The van der Waals surface area contributed by atoms with Gasteiger partial charge in [-0.1, -0.05) is 22.9 Å².